The van der Waals surface area contributed by atoms with Crippen molar-refractivity contribution in [2.45, 2.75) is 39.2 Å². The van der Waals surface area contributed by atoms with Crippen molar-refractivity contribution >= 4 is 5.82 Å². The molecule has 1 N–H and O–H groups in total. The molecule has 0 saturated carbocycles. The van der Waals surface area contributed by atoms with Crippen LogP contribution in [0.3, 0.4) is 0 Å². The Hall–Kier alpha value is -1.16. The number of anilines is 1. The quantitative estimate of drug-likeness (QED) is 0.862. The van der Waals surface area contributed by atoms with Crippen molar-refractivity contribution in [1.82, 2.24) is 15.3 Å². The first-order valence-corrected chi connectivity index (χ1v) is 6.51. The zero-order valence-corrected chi connectivity index (χ0v) is 11.0. The molecule has 0 spiro atoms. The van der Waals surface area contributed by atoms with Crippen LogP contribution in [-0.4, -0.2) is 35.6 Å². The molecular weight excluding hydrogens is 212 g/mol. The van der Waals surface area contributed by atoms with Crippen LogP contribution in [0.25, 0.3) is 0 Å². The molecule has 1 atom stereocenters. The molecule has 17 heavy (non-hydrogen) atoms. The predicted molar refractivity (Wildman–Crippen MR) is 70.4 cm³/mol. The summed E-state index contributed by atoms with van der Waals surface area (Å²) >= 11 is 0. The van der Waals surface area contributed by atoms with Crippen molar-refractivity contribution < 1.29 is 0 Å². The average molecular weight is 234 g/mol. The van der Waals surface area contributed by atoms with Crippen LogP contribution < -0.4 is 10.2 Å². The van der Waals surface area contributed by atoms with E-state index in [-0.39, 0.29) is 0 Å². The van der Waals surface area contributed by atoms with Crippen molar-refractivity contribution in [3.8, 4) is 0 Å². The fraction of sp³-hybridized carbons (Fsp3) is 0.692. The molecule has 0 amide bonds. The van der Waals surface area contributed by atoms with Gasteiger partial charge in [0, 0.05) is 30.9 Å². The molecule has 0 aromatic carbocycles. The lowest BCUT2D eigenvalue weighted by Crippen LogP contribution is -2.37. The SMILES string of the molecule is CCN(c1cc(C(C)C)ncn1)C1CCNC1. The van der Waals surface area contributed by atoms with E-state index in [1.807, 2.05) is 0 Å². The van der Waals surface area contributed by atoms with Crippen LogP contribution in [0.1, 0.15) is 38.8 Å². The van der Waals surface area contributed by atoms with Crippen molar-refractivity contribution in [3.05, 3.63) is 18.1 Å². The zero-order valence-electron chi connectivity index (χ0n) is 11.0. The Bertz CT molecular complexity index is 358. The van der Waals surface area contributed by atoms with Gasteiger partial charge in [0.2, 0.25) is 0 Å². The average Bonchev–Trinajstić information content (AvgIpc) is 2.84. The number of nitrogens with one attached hydrogen (secondary N) is 1. The molecule has 2 rings (SSSR count). The lowest BCUT2D eigenvalue weighted by atomic mass is 10.1. The smallest absolute Gasteiger partial charge is 0.132 e. The standard InChI is InChI=1S/C13H22N4/c1-4-17(11-5-6-14-8-11)13-7-12(10(2)3)15-9-16-13/h7,9-11,14H,4-6,8H2,1-3H3. The van der Waals surface area contributed by atoms with Gasteiger partial charge in [-0.05, 0) is 25.8 Å². The van der Waals surface area contributed by atoms with E-state index in [0.29, 0.717) is 12.0 Å². The molecular formula is C13H22N4. The van der Waals surface area contributed by atoms with Gasteiger partial charge in [0.15, 0.2) is 0 Å². The minimum Gasteiger partial charge on any atom is -0.352 e. The molecule has 0 aliphatic carbocycles. The van der Waals surface area contributed by atoms with Gasteiger partial charge in [0.05, 0.1) is 0 Å². The van der Waals surface area contributed by atoms with Gasteiger partial charge < -0.3 is 10.2 Å². The van der Waals surface area contributed by atoms with E-state index < -0.39 is 0 Å². The number of nitrogens with zero attached hydrogens (tertiary/aromatic N) is 3. The van der Waals surface area contributed by atoms with Crippen LogP contribution >= 0.6 is 0 Å². The summed E-state index contributed by atoms with van der Waals surface area (Å²) in [5, 5.41) is 3.41. The van der Waals surface area contributed by atoms with Crippen LogP contribution in [0.15, 0.2) is 12.4 Å². The van der Waals surface area contributed by atoms with E-state index in [1.165, 1.54) is 6.42 Å². The fourth-order valence-electron chi connectivity index (χ4n) is 2.35. The summed E-state index contributed by atoms with van der Waals surface area (Å²) in [6.07, 6.45) is 2.89. The molecule has 1 aromatic rings. The second-order valence-corrected chi connectivity index (χ2v) is 4.89. The second-order valence-electron chi connectivity index (χ2n) is 4.89. The molecule has 4 nitrogen and oxygen atoms in total. The molecule has 0 bridgehead atoms. The van der Waals surface area contributed by atoms with Crippen LogP contribution in [0.5, 0.6) is 0 Å². The monoisotopic (exact) mass is 234 g/mol. The fourth-order valence-corrected chi connectivity index (χ4v) is 2.35. The molecule has 1 aromatic heterocycles. The largest absolute Gasteiger partial charge is 0.352 e. The Morgan fingerprint density at radius 2 is 2.29 bits per heavy atom. The molecule has 1 unspecified atom stereocenters. The predicted octanol–water partition coefficient (Wildman–Crippen LogP) is 1.79. The Balaban J connectivity index is 2.20. The Morgan fingerprint density at radius 1 is 1.47 bits per heavy atom. The van der Waals surface area contributed by atoms with Crippen LogP contribution in [0, 0.1) is 0 Å². The second kappa shape index (κ2) is 5.45. The number of hydrogen-bond donors (Lipinski definition) is 1. The first kappa shape index (κ1) is 12.3. The van der Waals surface area contributed by atoms with E-state index in [1.54, 1.807) is 6.33 Å². The first-order chi connectivity index (χ1) is 8.22. The van der Waals surface area contributed by atoms with Gasteiger partial charge in [-0.3, -0.25) is 0 Å². The topological polar surface area (TPSA) is 41.1 Å². The third kappa shape index (κ3) is 2.75. The Labute approximate surface area is 103 Å². The van der Waals surface area contributed by atoms with Gasteiger partial charge in [0.1, 0.15) is 12.1 Å². The van der Waals surface area contributed by atoms with Crippen molar-refractivity contribution in [2.75, 3.05) is 24.5 Å². The lowest BCUT2D eigenvalue weighted by molar-refractivity contribution is 0.637. The van der Waals surface area contributed by atoms with E-state index in [0.717, 1.165) is 31.1 Å². The molecule has 94 valence electrons. The Morgan fingerprint density at radius 3 is 2.88 bits per heavy atom. The highest BCUT2D eigenvalue weighted by molar-refractivity contribution is 5.41. The third-order valence-electron chi connectivity index (χ3n) is 3.38. The molecule has 1 aliphatic rings. The third-order valence-corrected chi connectivity index (χ3v) is 3.38. The normalized spacial score (nSPS) is 19.9. The zero-order chi connectivity index (χ0) is 12.3. The number of hydrogen-bond acceptors (Lipinski definition) is 4. The summed E-state index contributed by atoms with van der Waals surface area (Å²) in [7, 11) is 0. The summed E-state index contributed by atoms with van der Waals surface area (Å²) in [6, 6.07) is 2.71. The maximum atomic E-state index is 4.42. The number of aromatic nitrogens is 2. The maximum absolute atomic E-state index is 4.42. The number of rotatable bonds is 4. The van der Waals surface area contributed by atoms with Crippen LogP contribution in [-0.2, 0) is 0 Å². The van der Waals surface area contributed by atoms with E-state index in [4.69, 9.17) is 0 Å². The van der Waals surface area contributed by atoms with Crippen molar-refractivity contribution in [1.29, 1.82) is 0 Å². The van der Waals surface area contributed by atoms with Gasteiger partial charge in [-0.15, -0.1) is 0 Å². The Kier molecular flexibility index (Phi) is 3.94. The first-order valence-electron chi connectivity index (χ1n) is 6.51. The van der Waals surface area contributed by atoms with Crippen LogP contribution in [0.2, 0.25) is 0 Å². The number of likely N-dealkylation sites (N-methyl/N-ethyl adjacent to an activating group) is 1. The molecule has 0 radical (unpaired) electrons. The van der Waals surface area contributed by atoms with E-state index in [2.05, 4.69) is 47.0 Å². The molecule has 4 heteroatoms. The molecule has 2 heterocycles. The van der Waals surface area contributed by atoms with E-state index >= 15 is 0 Å². The molecule has 1 saturated heterocycles. The van der Waals surface area contributed by atoms with Gasteiger partial charge in [-0.25, -0.2) is 9.97 Å². The summed E-state index contributed by atoms with van der Waals surface area (Å²) in [4.78, 5) is 11.1. The van der Waals surface area contributed by atoms with Gasteiger partial charge in [0.25, 0.3) is 0 Å². The van der Waals surface area contributed by atoms with Gasteiger partial charge in [-0.1, -0.05) is 13.8 Å². The van der Waals surface area contributed by atoms with Gasteiger partial charge in [-0.2, -0.15) is 0 Å². The summed E-state index contributed by atoms with van der Waals surface area (Å²) in [5.74, 6) is 1.53. The molecule has 1 aliphatic heterocycles. The highest BCUT2D eigenvalue weighted by atomic mass is 15.2. The van der Waals surface area contributed by atoms with Crippen LogP contribution in [0.4, 0.5) is 5.82 Å². The lowest BCUT2D eigenvalue weighted by Gasteiger charge is -2.28. The maximum Gasteiger partial charge on any atom is 0.132 e. The summed E-state index contributed by atoms with van der Waals surface area (Å²) < 4.78 is 0. The molecule has 1 fully saturated rings. The minimum absolute atomic E-state index is 0.456. The van der Waals surface area contributed by atoms with Gasteiger partial charge >= 0.3 is 0 Å². The van der Waals surface area contributed by atoms with Crippen molar-refractivity contribution in [2.24, 2.45) is 0 Å². The summed E-state index contributed by atoms with van der Waals surface area (Å²) in [5.41, 5.74) is 1.12. The van der Waals surface area contributed by atoms with E-state index in [9.17, 15) is 0 Å². The highest BCUT2D eigenvalue weighted by Crippen LogP contribution is 2.20. The summed E-state index contributed by atoms with van der Waals surface area (Å²) in [6.45, 7) is 9.70. The minimum atomic E-state index is 0.456. The highest BCUT2D eigenvalue weighted by Gasteiger charge is 2.22. The van der Waals surface area contributed by atoms with Crippen molar-refractivity contribution in [3.63, 3.8) is 0 Å².